The Labute approximate surface area is 55.2 Å². The van der Waals surface area contributed by atoms with Crippen LogP contribution in [-0.2, 0) is 0 Å². The van der Waals surface area contributed by atoms with Gasteiger partial charge in [0.15, 0.2) is 0 Å². The Morgan fingerprint density at radius 2 is 1.88 bits per heavy atom. The van der Waals surface area contributed by atoms with Gasteiger partial charge in [-0.1, -0.05) is 12.8 Å². The predicted molar refractivity (Wildman–Crippen MR) is 35.0 cm³/mol. The van der Waals surface area contributed by atoms with Gasteiger partial charge in [0.1, 0.15) is 0 Å². The van der Waals surface area contributed by atoms with Crippen molar-refractivity contribution in [2.24, 2.45) is 0 Å². The molecule has 0 aromatic heterocycles. The van der Waals surface area contributed by atoms with Gasteiger partial charge in [-0.2, -0.15) is 0 Å². The van der Waals surface area contributed by atoms with E-state index in [0.29, 0.717) is 0 Å². The van der Waals surface area contributed by atoms with Gasteiger partial charge in [-0.05, 0) is 12.8 Å². The van der Waals surface area contributed by atoms with Gasteiger partial charge in [0.25, 0.3) is 0 Å². The van der Waals surface area contributed by atoms with Crippen LogP contribution in [0.1, 0.15) is 25.7 Å². The summed E-state index contributed by atoms with van der Waals surface area (Å²) in [4.78, 5) is 0. The van der Waals surface area contributed by atoms with E-state index >= 15 is 0 Å². The molecule has 0 saturated heterocycles. The number of hydrogen-bond donors (Lipinski definition) is 0. The lowest BCUT2D eigenvalue weighted by molar-refractivity contribution is 0.439. The zero-order chi connectivity index (χ0) is 5.98. The molecular weight excluding hydrogens is 122 g/mol. The number of nitrogens with one attached hydrogen (secondary N) is 1. The number of halogens is 1. The summed E-state index contributed by atoms with van der Waals surface area (Å²) < 4.78 is 0. The second-order valence-electron chi connectivity index (χ2n) is 2.41. The average Bonchev–Trinajstić information content (AvgIpc) is 1.77. The molecule has 47 valence electrons. The van der Waals surface area contributed by atoms with Gasteiger partial charge in [0, 0.05) is 6.04 Å². The molecule has 1 saturated carbocycles. The first kappa shape index (κ1) is 6.37. The maximum atomic E-state index is 7.35. The maximum Gasteiger partial charge on any atom is 0.0502 e. The lowest BCUT2D eigenvalue weighted by Gasteiger charge is -2.21. The van der Waals surface area contributed by atoms with E-state index in [4.69, 9.17) is 17.3 Å². The third-order valence-electron chi connectivity index (χ3n) is 1.68. The van der Waals surface area contributed by atoms with Gasteiger partial charge >= 0.3 is 0 Å². The summed E-state index contributed by atoms with van der Waals surface area (Å²) in [6, 6.07) is 0.0189. The molecule has 0 aromatic carbocycles. The fraction of sp³-hybridized carbons (Fsp3) is 1.00. The van der Waals surface area contributed by atoms with Crippen LogP contribution in [0.15, 0.2) is 0 Å². The van der Waals surface area contributed by atoms with Crippen LogP contribution in [0.4, 0.5) is 0 Å². The highest BCUT2D eigenvalue weighted by Gasteiger charge is 2.18. The van der Waals surface area contributed by atoms with Crippen molar-refractivity contribution in [3.05, 3.63) is 0 Å². The van der Waals surface area contributed by atoms with Crippen LogP contribution in [-0.4, -0.2) is 11.4 Å². The quantitative estimate of drug-likeness (QED) is 0.449. The van der Waals surface area contributed by atoms with Crippen molar-refractivity contribution >= 4 is 11.6 Å². The summed E-state index contributed by atoms with van der Waals surface area (Å²) in [5, 5.41) is 0.142. The number of alkyl halides is 1. The fourth-order valence-corrected chi connectivity index (χ4v) is 1.37. The summed E-state index contributed by atoms with van der Waals surface area (Å²) >= 11 is 5.78. The maximum absolute atomic E-state index is 7.35. The molecule has 0 spiro atoms. The van der Waals surface area contributed by atoms with Crippen molar-refractivity contribution in [3.8, 4) is 0 Å². The minimum Gasteiger partial charge on any atom is -0.253 e. The summed E-state index contributed by atoms with van der Waals surface area (Å²) in [6.07, 6.45) is 4.49. The molecule has 1 rings (SSSR count). The first-order chi connectivity index (χ1) is 3.80. The van der Waals surface area contributed by atoms with Crippen molar-refractivity contribution in [3.63, 3.8) is 0 Å². The Morgan fingerprint density at radius 1 is 1.25 bits per heavy atom. The smallest absolute Gasteiger partial charge is 0.0502 e. The molecule has 1 fully saturated rings. The molecule has 2 heteroatoms. The van der Waals surface area contributed by atoms with E-state index in [0.717, 1.165) is 12.8 Å². The third-order valence-corrected chi connectivity index (χ3v) is 2.20. The van der Waals surface area contributed by atoms with Crippen molar-refractivity contribution in [1.82, 2.24) is 5.73 Å². The number of rotatable bonds is 0. The molecule has 1 N–H and O–H groups in total. The van der Waals surface area contributed by atoms with Crippen LogP contribution in [0.5, 0.6) is 0 Å². The van der Waals surface area contributed by atoms with E-state index in [2.05, 4.69) is 0 Å². The molecule has 1 nitrogen and oxygen atoms in total. The monoisotopic (exact) mass is 132 g/mol. The van der Waals surface area contributed by atoms with Crippen molar-refractivity contribution in [2.45, 2.75) is 37.1 Å². The summed E-state index contributed by atoms with van der Waals surface area (Å²) in [7, 11) is 0. The second kappa shape index (κ2) is 2.70. The zero-order valence-corrected chi connectivity index (χ0v) is 5.62. The molecule has 1 aliphatic carbocycles. The minimum atomic E-state index is 0.0189. The molecule has 1 radical (unpaired) electrons. The Morgan fingerprint density at radius 3 is 2.25 bits per heavy atom. The van der Waals surface area contributed by atoms with E-state index in [9.17, 15) is 0 Å². The molecule has 8 heavy (non-hydrogen) atoms. The summed E-state index contributed by atoms with van der Waals surface area (Å²) in [5.41, 5.74) is 7.35. The van der Waals surface area contributed by atoms with Crippen LogP contribution in [0.2, 0.25) is 0 Å². The molecule has 0 aliphatic heterocycles. The van der Waals surface area contributed by atoms with E-state index < -0.39 is 0 Å². The summed E-state index contributed by atoms with van der Waals surface area (Å²) in [6.45, 7) is 0. The largest absolute Gasteiger partial charge is 0.253 e. The van der Waals surface area contributed by atoms with Gasteiger partial charge in [0.05, 0.1) is 5.38 Å². The molecule has 2 unspecified atom stereocenters. The summed E-state index contributed by atoms with van der Waals surface area (Å²) in [5.74, 6) is 0. The average molecular weight is 133 g/mol. The third kappa shape index (κ3) is 1.36. The van der Waals surface area contributed by atoms with Crippen LogP contribution in [0.3, 0.4) is 0 Å². The van der Waals surface area contributed by atoms with Crippen molar-refractivity contribution in [1.29, 1.82) is 0 Å². The zero-order valence-electron chi connectivity index (χ0n) is 4.86. The van der Waals surface area contributed by atoms with Crippen LogP contribution < -0.4 is 5.73 Å². The Kier molecular flexibility index (Phi) is 2.15. The molecule has 0 amide bonds. The van der Waals surface area contributed by atoms with Gasteiger partial charge in [-0.25, -0.2) is 0 Å². The van der Waals surface area contributed by atoms with E-state index in [1.54, 1.807) is 0 Å². The van der Waals surface area contributed by atoms with Crippen LogP contribution in [0, 0.1) is 0 Å². The lowest BCUT2D eigenvalue weighted by Crippen LogP contribution is -2.25. The van der Waals surface area contributed by atoms with Crippen LogP contribution in [0.25, 0.3) is 0 Å². The molecule has 0 aromatic rings. The highest BCUT2D eigenvalue weighted by atomic mass is 35.5. The highest BCUT2D eigenvalue weighted by Crippen LogP contribution is 2.21. The predicted octanol–water partition coefficient (Wildman–Crippen LogP) is 1.82. The second-order valence-corrected chi connectivity index (χ2v) is 2.97. The fourth-order valence-electron chi connectivity index (χ4n) is 1.09. The molecule has 1 aliphatic rings. The Balaban J connectivity index is 2.28. The van der Waals surface area contributed by atoms with Crippen molar-refractivity contribution in [2.75, 3.05) is 0 Å². The van der Waals surface area contributed by atoms with Gasteiger partial charge in [-0.15, -0.1) is 11.6 Å². The van der Waals surface area contributed by atoms with Gasteiger partial charge < -0.3 is 0 Å². The standard InChI is InChI=1S/C6H11ClN/c7-5-3-1-2-4-6(5)8/h5-6,8H,1-4H2. The van der Waals surface area contributed by atoms with E-state index in [-0.39, 0.29) is 11.4 Å². The van der Waals surface area contributed by atoms with Gasteiger partial charge in [-0.3, -0.25) is 5.73 Å². The van der Waals surface area contributed by atoms with Crippen LogP contribution >= 0.6 is 11.6 Å². The molecular formula is C6H11ClN. The molecule has 0 bridgehead atoms. The van der Waals surface area contributed by atoms with E-state index in [1.165, 1.54) is 12.8 Å². The lowest BCUT2D eigenvalue weighted by atomic mass is 9.96. The highest BCUT2D eigenvalue weighted by molar-refractivity contribution is 6.21. The minimum absolute atomic E-state index is 0.0189. The normalized spacial score (nSPS) is 39.8. The Bertz CT molecular complexity index is 64.9. The Hall–Kier alpha value is 0.250. The van der Waals surface area contributed by atoms with Crippen molar-refractivity contribution < 1.29 is 0 Å². The molecule has 2 atom stereocenters. The molecule has 0 heterocycles. The SMILES string of the molecule is [NH]C1CCCCC1Cl. The first-order valence-electron chi connectivity index (χ1n) is 3.16. The topological polar surface area (TPSA) is 23.8 Å². The first-order valence-corrected chi connectivity index (χ1v) is 3.59. The van der Waals surface area contributed by atoms with Gasteiger partial charge in [0.2, 0.25) is 0 Å². The van der Waals surface area contributed by atoms with E-state index in [1.807, 2.05) is 0 Å². The number of hydrogen-bond acceptors (Lipinski definition) is 0.